The lowest BCUT2D eigenvalue weighted by atomic mass is 9.96. The monoisotopic (exact) mass is 488 g/mol. The summed E-state index contributed by atoms with van der Waals surface area (Å²) in [5.74, 6) is 4.95. The summed E-state index contributed by atoms with van der Waals surface area (Å²) >= 11 is 1.52. The van der Waals surface area contributed by atoms with Crippen LogP contribution in [0.5, 0.6) is 5.75 Å². The quantitative estimate of drug-likeness (QED) is 0.431. The van der Waals surface area contributed by atoms with Gasteiger partial charge in [0.1, 0.15) is 12.4 Å². The summed E-state index contributed by atoms with van der Waals surface area (Å²) in [5.41, 5.74) is 9.81. The number of ether oxygens (including phenoxy) is 1. The highest BCUT2D eigenvalue weighted by Crippen LogP contribution is 2.29. The van der Waals surface area contributed by atoms with Crippen LogP contribution in [0.4, 0.5) is 0 Å². The Morgan fingerprint density at radius 2 is 1.94 bits per heavy atom. The molecule has 7 heteroatoms. The van der Waals surface area contributed by atoms with Crippen LogP contribution >= 0.6 is 11.3 Å². The van der Waals surface area contributed by atoms with E-state index in [1.54, 1.807) is 6.92 Å². The number of hydrogen-bond donors (Lipinski definition) is 2. The molecular weight excluding hydrogens is 460 g/mol. The molecule has 0 radical (unpaired) electrons. The van der Waals surface area contributed by atoms with Crippen molar-refractivity contribution in [3.8, 4) is 17.6 Å². The van der Waals surface area contributed by atoms with Crippen molar-refractivity contribution in [2.45, 2.75) is 45.4 Å². The Labute approximate surface area is 209 Å². The molecule has 4 rings (SSSR count). The zero-order valence-corrected chi connectivity index (χ0v) is 20.4. The first kappa shape index (κ1) is 24.5. The molecule has 0 spiro atoms. The molecule has 3 aromatic rings. The van der Waals surface area contributed by atoms with Gasteiger partial charge < -0.3 is 15.6 Å². The van der Waals surface area contributed by atoms with Gasteiger partial charge in [0.2, 0.25) is 0 Å². The fourth-order valence-corrected chi connectivity index (χ4v) is 5.30. The van der Waals surface area contributed by atoms with Crippen molar-refractivity contribution in [1.82, 2.24) is 4.90 Å². The van der Waals surface area contributed by atoms with E-state index in [4.69, 9.17) is 15.6 Å². The predicted molar refractivity (Wildman–Crippen MR) is 136 cm³/mol. The van der Waals surface area contributed by atoms with Crippen LogP contribution in [0.25, 0.3) is 0 Å². The number of amides is 1. The van der Waals surface area contributed by atoms with Gasteiger partial charge in [0, 0.05) is 24.5 Å². The third-order valence-corrected chi connectivity index (χ3v) is 7.22. The molecule has 1 atom stereocenters. The zero-order valence-electron chi connectivity index (χ0n) is 19.6. The average molecular weight is 489 g/mol. The molecule has 0 aliphatic carbocycles. The van der Waals surface area contributed by atoms with E-state index in [1.165, 1.54) is 27.3 Å². The van der Waals surface area contributed by atoms with Crippen molar-refractivity contribution in [3.63, 3.8) is 0 Å². The first-order valence-corrected chi connectivity index (χ1v) is 12.3. The van der Waals surface area contributed by atoms with Crippen molar-refractivity contribution in [2.24, 2.45) is 5.73 Å². The number of hydrogen-bond acceptors (Lipinski definition) is 5. The molecule has 35 heavy (non-hydrogen) atoms. The van der Waals surface area contributed by atoms with Crippen LogP contribution in [0, 0.1) is 11.8 Å². The van der Waals surface area contributed by atoms with Crippen molar-refractivity contribution < 1.29 is 19.4 Å². The highest BCUT2D eigenvalue weighted by molar-refractivity contribution is 7.14. The number of benzene rings is 2. The third-order valence-electron chi connectivity index (χ3n) is 5.97. The maximum atomic E-state index is 11.5. The number of carboxylic acid groups (broad SMARTS) is 1. The Bertz CT molecular complexity index is 1270. The molecule has 0 saturated heterocycles. The van der Waals surface area contributed by atoms with Crippen LogP contribution in [-0.2, 0) is 30.9 Å². The lowest BCUT2D eigenvalue weighted by molar-refractivity contribution is -0.137. The molecule has 0 bridgehead atoms. The van der Waals surface area contributed by atoms with Crippen molar-refractivity contribution in [3.05, 3.63) is 86.6 Å². The maximum Gasteiger partial charge on any atom is 0.304 e. The number of nitrogens with zero attached hydrogens (tertiary/aromatic N) is 1. The minimum absolute atomic E-state index is 0.0229. The van der Waals surface area contributed by atoms with Crippen molar-refractivity contribution >= 4 is 23.2 Å². The smallest absolute Gasteiger partial charge is 0.304 e. The second kappa shape index (κ2) is 11.2. The number of carbonyl (C=O) groups excluding carboxylic acids is 1. The van der Waals surface area contributed by atoms with E-state index in [-0.39, 0.29) is 18.2 Å². The molecule has 6 nitrogen and oxygen atoms in total. The molecule has 2 aromatic carbocycles. The highest BCUT2D eigenvalue weighted by atomic mass is 32.1. The average Bonchev–Trinajstić information content (AvgIpc) is 3.27. The summed E-state index contributed by atoms with van der Waals surface area (Å²) < 4.78 is 5.98. The first-order chi connectivity index (χ1) is 16.9. The van der Waals surface area contributed by atoms with Gasteiger partial charge in [-0.2, -0.15) is 0 Å². The van der Waals surface area contributed by atoms with Crippen LogP contribution in [-0.4, -0.2) is 28.4 Å². The van der Waals surface area contributed by atoms with Crippen molar-refractivity contribution in [1.29, 1.82) is 0 Å². The second-order valence-electron chi connectivity index (χ2n) is 8.61. The molecule has 1 amide bonds. The van der Waals surface area contributed by atoms with Gasteiger partial charge in [-0.3, -0.25) is 14.5 Å². The molecule has 0 unspecified atom stereocenters. The van der Waals surface area contributed by atoms with Gasteiger partial charge in [0.25, 0.3) is 5.91 Å². The summed E-state index contributed by atoms with van der Waals surface area (Å²) in [6.45, 7) is 4.75. The molecule has 3 N–H and O–H groups in total. The van der Waals surface area contributed by atoms with Gasteiger partial charge in [0.05, 0.1) is 17.2 Å². The summed E-state index contributed by atoms with van der Waals surface area (Å²) in [7, 11) is 0. The Morgan fingerprint density at radius 3 is 2.66 bits per heavy atom. The molecule has 1 aliphatic heterocycles. The van der Waals surface area contributed by atoms with Crippen LogP contribution < -0.4 is 10.5 Å². The topological polar surface area (TPSA) is 92.9 Å². The summed E-state index contributed by atoms with van der Waals surface area (Å²) in [5, 5.41) is 9.12. The number of rotatable bonds is 9. The molecule has 2 heterocycles. The normalized spacial score (nSPS) is 13.9. The second-order valence-corrected chi connectivity index (χ2v) is 9.74. The number of carbonyl (C=O) groups is 2. The van der Waals surface area contributed by atoms with Gasteiger partial charge in [-0.25, -0.2) is 0 Å². The largest absolute Gasteiger partial charge is 0.489 e. The van der Waals surface area contributed by atoms with Gasteiger partial charge in [0.15, 0.2) is 0 Å². The minimum Gasteiger partial charge on any atom is -0.489 e. The van der Waals surface area contributed by atoms with E-state index in [0.29, 0.717) is 11.5 Å². The Kier molecular flexibility index (Phi) is 7.86. The minimum atomic E-state index is -0.867. The number of aliphatic carboxylic acids is 1. The Balaban J connectivity index is 1.34. The molecule has 0 saturated carbocycles. The fourth-order valence-electron chi connectivity index (χ4n) is 4.29. The highest BCUT2D eigenvalue weighted by Gasteiger charge is 2.21. The van der Waals surface area contributed by atoms with E-state index in [2.05, 4.69) is 28.9 Å². The first-order valence-electron chi connectivity index (χ1n) is 11.5. The maximum absolute atomic E-state index is 11.5. The SMILES string of the molecule is CC#C[C@@H](CC(=O)O)c1ccc(OCc2cccc(CN3CCc4sc(C(N)=O)cc4C3)c2)cc1. The van der Waals surface area contributed by atoms with Crippen LogP contribution in [0.15, 0.2) is 54.6 Å². The molecule has 180 valence electrons. The summed E-state index contributed by atoms with van der Waals surface area (Å²) in [6, 6.07) is 17.8. The van der Waals surface area contributed by atoms with E-state index in [1.807, 2.05) is 42.5 Å². The molecule has 0 fully saturated rings. The van der Waals surface area contributed by atoms with Gasteiger partial charge >= 0.3 is 5.97 Å². The van der Waals surface area contributed by atoms with Gasteiger partial charge in [-0.1, -0.05) is 42.3 Å². The van der Waals surface area contributed by atoms with Gasteiger partial charge in [-0.15, -0.1) is 17.3 Å². The van der Waals surface area contributed by atoms with Crippen LogP contribution in [0.1, 0.15) is 56.1 Å². The number of fused-ring (bicyclic) bond motifs is 1. The number of primary amides is 1. The van der Waals surface area contributed by atoms with E-state index in [9.17, 15) is 9.59 Å². The number of thiophene rings is 1. The lowest BCUT2D eigenvalue weighted by Gasteiger charge is -2.26. The lowest BCUT2D eigenvalue weighted by Crippen LogP contribution is -2.29. The Morgan fingerprint density at radius 1 is 1.17 bits per heavy atom. The summed E-state index contributed by atoms with van der Waals surface area (Å²) in [4.78, 5) is 26.9. The van der Waals surface area contributed by atoms with E-state index < -0.39 is 5.97 Å². The van der Waals surface area contributed by atoms with E-state index in [0.717, 1.165) is 42.9 Å². The van der Waals surface area contributed by atoms with Crippen LogP contribution in [0.2, 0.25) is 0 Å². The molecular formula is C28H28N2O4S. The van der Waals surface area contributed by atoms with E-state index >= 15 is 0 Å². The number of nitrogens with two attached hydrogens (primary N) is 1. The summed E-state index contributed by atoms with van der Waals surface area (Å²) in [6.07, 6.45) is 0.911. The number of carboxylic acids is 1. The van der Waals surface area contributed by atoms with Gasteiger partial charge in [-0.05, 0) is 53.8 Å². The molecule has 1 aliphatic rings. The Hall–Kier alpha value is -3.60. The third kappa shape index (κ3) is 6.50. The molecule has 1 aromatic heterocycles. The standard InChI is InChI=1S/C28H28N2O4S/c1-2-4-22(15-27(31)32)21-7-9-24(10-8-21)34-18-20-6-3-5-19(13-20)16-30-12-11-25-23(17-30)14-26(35-25)28(29)33/h3,5-10,13-14,22H,11-12,15-18H2,1H3,(H2,29,33)(H,31,32)/t22-/m0/s1. The van der Waals surface area contributed by atoms with Crippen LogP contribution in [0.3, 0.4) is 0 Å². The van der Waals surface area contributed by atoms with Crippen molar-refractivity contribution in [2.75, 3.05) is 6.54 Å². The zero-order chi connectivity index (χ0) is 24.8. The fraction of sp³-hybridized carbons (Fsp3) is 0.286. The predicted octanol–water partition coefficient (Wildman–Crippen LogP) is 4.57.